The van der Waals surface area contributed by atoms with Crippen molar-refractivity contribution < 1.29 is 9.53 Å². The Balaban J connectivity index is 2.07. The highest BCUT2D eigenvalue weighted by Gasteiger charge is 2.21. The Morgan fingerprint density at radius 2 is 2.29 bits per heavy atom. The second-order valence-electron chi connectivity index (χ2n) is 4.39. The van der Waals surface area contributed by atoms with Gasteiger partial charge in [-0.1, -0.05) is 18.2 Å². The van der Waals surface area contributed by atoms with Crippen LogP contribution in [0.4, 0.5) is 0 Å². The molecule has 88 valence electrons. The maximum Gasteiger partial charge on any atom is 0.180 e. The molecule has 0 bridgehead atoms. The minimum Gasteiger partial charge on any atom is -0.376 e. The number of carbonyl (C=O) groups is 1. The van der Waals surface area contributed by atoms with Crippen LogP contribution >= 0.6 is 0 Å². The minimum absolute atomic E-state index is 0.00878. The van der Waals surface area contributed by atoms with E-state index in [1.807, 2.05) is 28.9 Å². The van der Waals surface area contributed by atoms with Crippen molar-refractivity contribution in [2.75, 3.05) is 6.61 Å². The van der Waals surface area contributed by atoms with Crippen LogP contribution in [-0.2, 0) is 11.3 Å². The van der Waals surface area contributed by atoms with Crippen LogP contribution in [-0.4, -0.2) is 28.3 Å². The van der Waals surface area contributed by atoms with Crippen LogP contribution in [0.1, 0.15) is 23.8 Å². The third-order valence-corrected chi connectivity index (χ3v) is 3.16. The van der Waals surface area contributed by atoms with E-state index in [4.69, 9.17) is 4.74 Å². The summed E-state index contributed by atoms with van der Waals surface area (Å²) in [6, 6.07) is 7.83. The number of aromatic nitrogens is 2. The molecule has 1 fully saturated rings. The van der Waals surface area contributed by atoms with Crippen molar-refractivity contribution in [2.24, 2.45) is 0 Å². The van der Waals surface area contributed by atoms with Gasteiger partial charge in [0.05, 0.1) is 18.2 Å². The van der Waals surface area contributed by atoms with Crippen molar-refractivity contribution in [3.8, 4) is 0 Å². The molecule has 4 heteroatoms. The van der Waals surface area contributed by atoms with Crippen LogP contribution in [0, 0.1) is 0 Å². The fourth-order valence-electron chi connectivity index (χ4n) is 2.15. The van der Waals surface area contributed by atoms with Gasteiger partial charge in [-0.15, -0.1) is 0 Å². The van der Waals surface area contributed by atoms with Crippen LogP contribution in [0.5, 0.6) is 0 Å². The van der Waals surface area contributed by atoms with Gasteiger partial charge in [0.1, 0.15) is 5.69 Å². The molecule has 17 heavy (non-hydrogen) atoms. The van der Waals surface area contributed by atoms with E-state index in [1.165, 1.54) is 0 Å². The highest BCUT2D eigenvalue weighted by atomic mass is 16.5. The number of benzene rings is 1. The highest BCUT2D eigenvalue weighted by Crippen LogP contribution is 2.21. The Morgan fingerprint density at radius 3 is 2.94 bits per heavy atom. The van der Waals surface area contributed by atoms with Gasteiger partial charge in [-0.3, -0.25) is 9.48 Å². The molecule has 1 aromatic carbocycles. The molecule has 1 saturated heterocycles. The molecular formula is C13H14N2O2. The van der Waals surface area contributed by atoms with E-state index < -0.39 is 0 Å². The second-order valence-corrected chi connectivity index (χ2v) is 4.39. The van der Waals surface area contributed by atoms with Crippen molar-refractivity contribution >= 4 is 16.7 Å². The zero-order valence-electron chi connectivity index (χ0n) is 9.72. The molecule has 1 aliphatic rings. The molecule has 2 heterocycles. The van der Waals surface area contributed by atoms with Gasteiger partial charge in [0, 0.05) is 18.9 Å². The van der Waals surface area contributed by atoms with Crippen molar-refractivity contribution in [1.82, 2.24) is 9.78 Å². The molecule has 4 nitrogen and oxygen atoms in total. The average Bonchev–Trinajstić information content (AvgIpc) is 2.63. The lowest BCUT2D eigenvalue weighted by Gasteiger charge is -2.26. The fraction of sp³-hybridized carbons (Fsp3) is 0.385. The predicted molar refractivity (Wildman–Crippen MR) is 64.1 cm³/mol. The Hall–Kier alpha value is -1.68. The monoisotopic (exact) mass is 230 g/mol. The number of para-hydroxylation sites is 1. The maximum absolute atomic E-state index is 11.5. The number of fused-ring (bicyclic) bond motifs is 1. The van der Waals surface area contributed by atoms with Crippen molar-refractivity contribution in [3.63, 3.8) is 0 Å². The molecule has 2 aromatic rings. The summed E-state index contributed by atoms with van der Waals surface area (Å²) in [4.78, 5) is 11.5. The van der Waals surface area contributed by atoms with E-state index >= 15 is 0 Å². The topological polar surface area (TPSA) is 44.1 Å². The number of hydrogen-bond donors (Lipinski definition) is 0. The summed E-state index contributed by atoms with van der Waals surface area (Å²) in [6.45, 7) is 3.12. The first-order valence-electron chi connectivity index (χ1n) is 5.84. The summed E-state index contributed by atoms with van der Waals surface area (Å²) in [5.74, 6) is 0.00878. The number of Topliss-reactive ketones (excluding diaryl/α,β-unsaturated/α-hetero) is 1. The van der Waals surface area contributed by atoms with Crippen LogP contribution in [0.25, 0.3) is 10.9 Å². The number of hydrogen-bond acceptors (Lipinski definition) is 3. The third-order valence-electron chi connectivity index (χ3n) is 3.16. The molecular weight excluding hydrogens is 216 g/mol. The van der Waals surface area contributed by atoms with Gasteiger partial charge >= 0.3 is 0 Å². The Kier molecular flexibility index (Phi) is 2.44. The number of ether oxygens (including phenoxy) is 1. The average molecular weight is 230 g/mol. The minimum atomic E-state index is 0.00878. The van der Waals surface area contributed by atoms with Gasteiger partial charge in [-0.05, 0) is 12.5 Å². The molecule has 0 radical (unpaired) electrons. The first-order valence-corrected chi connectivity index (χ1v) is 5.84. The summed E-state index contributed by atoms with van der Waals surface area (Å²) in [7, 11) is 0. The molecule has 0 amide bonds. The molecule has 1 unspecified atom stereocenters. The number of carbonyl (C=O) groups excluding carboxylic acids is 1. The SMILES string of the molecule is CC(=O)c1nn(CC2CCO2)c2ccccc12. The van der Waals surface area contributed by atoms with Crippen LogP contribution < -0.4 is 0 Å². The molecule has 1 aliphatic heterocycles. The van der Waals surface area contributed by atoms with Crippen molar-refractivity contribution in [2.45, 2.75) is 26.0 Å². The molecule has 1 aromatic heterocycles. The van der Waals surface area contributed by atoms with Gasteiger partial charge in [-0.25, -0.2) is 0 Å². The van der Waals surface area contributed by atoms with Crippen molar-refractivity contribution in [1.29, 1.82) is 0 Å². The molecule has 0 saturated carbocycles. The third kappa shape index (κ3) is 1.74. The Labute approximate surface area is 99.2 Å². The number of ketones is 1. The largest absolute Gasteiger partial charge is 0.376 e. The zero-order chi connectivity index (χ0) is 11.8. The summed E-state index contributed by atoms with van der Waals surface area (Å²) in [5.41, 5.74) is 1.56. The van der Waals surface area contributed by atoms with Gasteiger partial charge in [0.25, 0.3) is 0 Å². The maximum atomic E-state index is 11.5. The van der Waals surface area contributed by atoms with E-state index in [0.717, 1.165) is 30.5 Å². The lowest BCUT2D eigenvalue weighted by molar-refractivity contribution is -0.0602. The zero-order valence-corrected chi connectivity index (χ0v) is 9.72. The summed E-state index contributed by atoms with van der Waals surface area (Å²) < 4.78 is 7.29. The number of nitrogens with zero attached hydrogens (tertiary/aromatic N) is 2. The lowest BCUT2D eigenvalue weighted by Crippen LogP contribution is -2.31. The summed E-state index contributed by atoms with van der Waals surface area (Å²) in [6.07, 6.45) is 1.32. The normalized spacial score (nSPS) is 19.2. The summed E-state index contributed by atoms with van der Waals surface area (Å²) in [5, 5.41) is 5.33. The van der Waals surface area contributed by atoms with E-state index in [0.29, 0.717) is 5.69 Å². The van der Waals surface area contributed by atoms with Crippen molar-refractivity contribution in [3.05, 3.63) is 30.0 Å². The quantitative estimate of drug-likeness (QED) is 0.758. The Morgan fingerprint density at radius 1 is 1.53 bits per heavy atom. The molecule has 3 rings (SSSR count). The van der Waals surface area contributed by atoms with Crippen LogP contribution in [0.3, 0.4) is 0 Å². The van der Waals surface area contributed by atoms with E-state index in [1.54, 1.807) is 6.92 Å². The molecule has 1 atom stereocenters. The molecule has 0 N–H and O–H groups in total. The molecule has 0 spiro atoms. The first kappa shape index (κ1) is 10.5. The van der Waals surface area contributed by atoms with Gasteiger partial charge in [0.15, 0.2) is 5.78 Å². The second kappa shape index (κ2) is 3.96. The van der Waals surface area contributed by atoms with Crippen LogP contribution in [0.2, 0.25) is 0 Å². The molecule has 0 aliphatic carbocycles. The van der Waals surface area contributed by atoms with E-state index in [2.05, 4.69) is 5.10 Å². The van der Waals surface area contributed by atoms with Crippen LogP contribution in [0.15, 0.2) is 24.3 Å². The predicted octanol–water partition coefficient (Wildman–Crippen LogP) is 2.03. The smallest absolute Gasteiger partial charge is 0.180 e. The lowest BCUT2D eigenvalue weighted by atomic mass is 10.1. The van der Waals surface area contributed by atoms with E-state index in [9.17, 15) is 4.79 Å². The highest BCUT2D eigenvalue weighted by molar-refractivity contribution is 6.04. The number of rotatable bonds is 3. The fourth-order valence-corrected chi connectivity index (χ4v) is 2.15. The standard InChI is InChI=1S/C13H14N2O2/c1-9(16)13-11-4-2-3-5-12(11)15(14-13)8-10-6-7-17-10/h2-5,10H,6-8H2,1H3. The van der Waals surface area contributed by atoms with E-state index in [-0.39, 0.29) is 11.9 Å². The van der Waals surface area contributed by atoms with Gasteiger partial charge in [0.2, 0.25) is 0 Å². The first-order chi connectivity index (χ1) is 8.25. The van der Waals surface area contributed by atoms with Gasteiger partial charge < -0.3 is 4.74 Å². The van der Waals surface area contributed by atoms with Gasteiger partial charge in [-0.2, -0.15) is 5.10 Å². The Bertz CT molecular complexity index is 570. The summed E-state index contributed by atoms with van der Waals surface area (Å²) >= 11 is 0.